The quantitative estimate of drug-likeness (QED) is 0.526. The van der Waals surface area contributed by atoms with Gasteiger partial charge in [-0.25, -0.2) is 9.07 Å². The van der Waals surface area contributed by atoms with Gasteiger partial charge in [-0.3, -0.25) is 4.79 Å². The van der Waals surface area contributed by atoms with Crippen LogP contribution in [0.5, 0.6) is 0 Å². The molecular weight excluding hydrogens is 373 g/mol. The topological polar surface area (TPSA) is 46.9 Å². The average molecular weight is 389 g/mol. The number of rotatable bonds is 3. The number of thioether (sulfide) groups is 1. The van der Waals surface area contributed by atoms with E-state index in [1.807, 2.05) is 42.5 Å². The second kappa shape index (κ2) is 6.80. The summed E-state index contributed by atoms with van der Waals surface area (Å²) in [6.07, 6.45) is 0. The van der Waals surface area contributed by atoms with Gasteiger partial charge in [-0.1, -0.05) is 30.3 Å². The minimum atomic E-state index is -0.305. The molecule has 0 bridgehead atoms. The minimum absolute atomic E-state index is 0.186. The molecule has 6 heteroatoms. The number of anilines is 1. The highest BCUT2D eigenvalue weighted by Gasteiger charge is 2.25. The van der Waals surface area contributed by atoms with E-state index >= 15 is 0 Å². The van der Waals surface area contributed by atoms with Gasteiger partial charge < -0.3 is 5.32 Å². The van der Waals surface area contributed by atoms with Crippen molar-refractivity contribution in [1.82, 2.24) is 9.78 Å². The number of hydrogen-bond donors (Lipinski definition) is 1. The summed E-state index contributed by atoms with van der Waals surface area (Å²) >= 11 is 1.77. The summed E-state index contributed by atoms with van der Waals surface area (Å²) in [7, 11) is 0. The predicted octanol–water partition coefficient (Wildman–Crippen LogP) is 5.16. The lowest BCUT2D eigenvalue weighted by atomic mass is 10.1. The molecular formula is C22H16FN3OS. The number of carbonyl (C=O) groups excluding carboxylic acids is 1. The Kier molecular flexibility index (Phi) is 4.13. The number of carbonyl (C=O) groups is 1. The molecule has 0 atom stereocenters. The summed E-state index contributed by atoms with van der Waals surface area (Å²) in [6.45, 7) is 0. The third-order valence-corrected chi connectivity index (χ3v) is 5.84. The van der Waals surface area contributed by atoms with Crippen LogP contribution < -0.4 is 5.32 Å². The third kappa shape index (κ3) is 2.96. The molecule has 138 valence electrons. The molecule has 1 N–H and O–H groups in total. The Morgan fingerprint density at radius 3 is 2.61 bits per heavy atom. The maximum atomic E-state index is 13.3. The van der Waals surface area contributed by atoms with Crippen molar-refractivity contribution in [3.63, 3.8) is 0 Å². The fourth-order valence-corrected chi connectivity index (χ4v) is 4.46. The molecule has 2 heterocycles. The minimum Gasteiger partial charge on any atom is -0.306 e. The first-order valence-corrected chi connectivity index (χ1v) is 10.1. The van der Waals surface area contributed by atoms with Crippen molar-refractivity contribution in [2.45, 2.75) is 11.5 Å². The molecule has 0 radical (unpaired) electrons. The number of halogens is 1. The fourth-order valence-electron chi connectivity index (χ4n) is 3.42. The maximum absolute atomic E-state index is 13.3. The fraction of sp³-hybridized carbons (Fsp3) is 0.0909. The second-order valence-corrected chi connectivity index (χ2v) is 7.66. The SMILES string of the molecule is O=C(Nc1c2c(nn1-c1ccc(F)cc1)CSC2)c1ccc2ccccc2c1. The van der Waals surface area contributed by atoms with E-state index in [4.69, 9.17) is 0 Å². The van der Waals surface area contributed by atoms with Crippen LogP contribution in [0.1, 0.15) is 21.6 Å². The molecule has 0 aliphatic carbocycles. The van der Waals surface area contributed by atoms with Gasteiger partial charge in [0.25, 0.3) is 5.91 Å². The summed E-state index contributed by atoms with van der Waals surface area (Å²) in [5.74, 6) is 1.77. The Labute approximate surface area is 165 Å². The molecule has 0 unspecified atom stereocenters. The average Bonchev–Trinajstić information content (AvgIpc) is 3.31. The van der Waals surface area contributed by atoms with Crippen LogP contribution in [0.4, 0.5) is 10.2 Å². The van der Waals surface area contributed by atoms with Crippen LogP contribution in [0.3, 0.4) is 0 Å². The monoisotopic (exact) mass is 389 g/mol. The van der Waals surface area contributed by atoms with E-state index in [0.717, 1.165) is 39.2 Å². The highest BCUT2D eigenvalue weighted by atomic mass is 32.2. The lowest BCUT2D eigenvalue weighted by molar-refractivity contribution is 0.102. The van der Waals surface area contributed by atoms with Crippen molar-refractivity contribution in [3.8, 4) is 5.69 Å². The summed E-state index contributed by atoms with van der Waals surface area (Å²) in [5.41, 5.74) is 3.30. The zero-order chi connectivity index (χ0) is 19.1. The molecule has 4 nitrogen and oxygen atoms in total. The molecule has 0 saturated carbocycles. The molecule has 1 amide bonds. The molecule has 0 spiro atoms. The van der Waals surface area contributed by atoms with Crippen molar-refractivity contribution >= 4 is 34.3 Å². The van der Waals surface area contributed by atoms with E-state index in [2.05, 4.69) is 10.4 Å². The number of benzene rings is 3. The van der Waals surface area contributed by atoms with Crippen LogP contribution in [0.25, 0.3) is 16.5 Å². The van der Waals surface area contributed by atoms with E-state index in [9.17, 15) is 9.18 Å². The molecule has 1 aromatic heterocycles. The molecule has 28 heavy (non-hydrogen) atoms. The summed E-state index contributed by atoms with van der Waals surface area (Å²) < 4.78 is 15.0. The van der Waals surface area contributed by atoms with E-state index in [0.29, 0.717) is 11.4 Å². The van der Waals surface area contributed by atoms with Gasteiger partial charge in [0.1, 0.15) is 11.6 Å². The molecule has 4 aromatic rings. The summed E-state index contributed by atoms with van der Waals surface area (Å²) in [6, 6.07) is 19.7. The number of nitrogens with zero attached hydrogens (tertiary/aromatic N) is 2. The Bertz CT molecular complexity index is 1200. The molecule has 0 saturated heterocycles. The summed E-state index contributed by atoms with van der Waals surface area (Å²) in [5, 5.41) is 9.79. The first-order chi connectivity index (χ1) is 13.7. The van der Waals surface area contributed by atoms with Crippen molar-refractivity contribution in [1.29, 1.82) is 0 Å². The zero-order valence-electron chi connectivity index (χ0n) is 14.9. The van der Waals surface area contributed by atoms with Crippen molar-refractivity contribution < 1.29 is 9.18 Å². The predicted molar refractivity (Wildman–Crippen MR) is 110 cm³/mol. The number of fused-ring (bicyclic) bond motifs is 2. The van der Waals surface area contributed by atoms with Crippen molar-refractivity contribution in [3.05, 3.63) is 89.4 Å². The maximum Gasteiger partial charge on any atom is 0.256 e. The van der Waals surface area contributed by atoms with E-state index in [1.54, 1.807) is 28.6 Å². The van der Waals surface area contributed by atoms with Gasteiger partial charge in [0.05, 0.1) is 11.4 Å². The van der Waals surface area contributed by atoms with Crippen LogP contribution >= 0.6 is 11.8 Å². The molecule has 1 aliphatic heterocycles. The Morgan fingerprint density at radius 2 is 1.79 bits per heavy atom. The highest BCUT2D eigenvalue weighted by molar-refractivity contribution is 7.98. The van der Waals surface area contributed by atoms with Gasteiger partial charge >= 0.3 is 0 Å². The van der Waals surface area contributed by atoms with Gasteiger partial charge in [-0.05, 0) is 47.2 Å². The van der Waals surface area contributed by atoms with Crippen LogP contribution in [-0.2, 0) is 11.5 Å². The molecule has 0 fully saturated rings. The zero-order valence-corrected chi connectivity index (χ0v) is 15.7. The largest absolute Gasteiger partial charge is 0.306 e. The van der Waals surface area contributed by atoms with Crippen LogP contribution in [0.2, 0.25) is 0 Å². The van der Waals surface area contributed by atoms with Gasteiger partial charge in [0.2, 0.25) is 0 Å². The molecule has 3 aromatic carbocycles. The lowest BCUT2D eigenvalue weighted by Crippen LogP contribution is -2.16. The Morgan fingerprint density at radius 1 is 1.00 bits per heavy atom. The summed E-state index contributed by atoms with van der Waals surface area (Å²) in [4.78, 5) is 13.0. The van der Waals surface area contributed by atoms with Crippen molar-refractivity contribution in [2.75, 3.05) is 5.32 Å². The number of nitrogens with one attached hydrogen (secondary N) is 1. The number of amides is 1. The third-order valence-electron chi connectivity index (χ3n) is 4.87. The van der Waals surface area contributed by atoms with E-state index in [-0.39, 0.29) is 11.7 Å². The standard InChI is InChI=1S/C22H16FN3OS/c23-17-7-9-18(10-8-17)26-21(19-12-28-13-20(19)25-26)24-22(27)16-6-5-14-3-1-2-4-15(14)11-16/h1-11H,12-13H2,(H,24,27). The Hall–Kier alpha value is -3.12. The van der Waals surface area contributed by atoms with Crippen LogP contribution in [0, 0.1) is 5.82 Å². The van der Waals surface area contributed by atoms with Crippen LogP contribution in [0.15, 0.2) is 66.7 Å². The number of hydrogen-bond acceptors (Lipinski definition) is 3. The first kappa shape index (κ1) is 17.0. The smallest absolute Gasteiger partial charge is 0.256 e. The Balaban J connectivity index is 1.53. The van der Waals surface area contributed by atoms with E-state index < -0.39 is 0 Å². The van der Waals surface area contributed by atoms with Gasteiger partial charge in [-0.2, -0.15) is 16.9 Å². The van der Waals surface area contributed by atoms with Gasteiger partial charge in [0, 0.05) is 22.6 Å². The first-order valence-electron chi connectivity index (χ1n) is 8.94. The van der Waals surface area contributed by atoms with Crippen molar-refractivity contribution in [2.24, 2.45) is 0 Å². The number of aromatic nitrogens is 2. The second-order valence-electron chi connectivity index (χ2n) is 6.67. The van der Waals surface area contributed by atoms with Crippen LogP contribution in [-0.4, -0.2) is 15.7 Å². The van der Waals surface area contributed by atoms with Gasteiger partial charge in [-0.15, -0.1) is 0 Å². The van der Waals surface area contributed by atoms with Gasteiger partial charge in [0.15, 0.2) is 0 Å². The highest BCUT2D eigenvalue weighted by Crippen LogP contribution is 2.36. The van der Waals surface area contributed by atoms with E-state index in [1.165, 1.54) is 12.1 Å². The lowest BCUT2D eigenvalue weighted by Gasteiger charge is -2.11. The normalized spacial score (nSPS) is 12.9. The molecule has 5 rings (SSSR count). The molecule has 1 aliphatic rings.